The second kappa shape index (κ2) is 26.4. The van der Waals surface area contributed by atoms with Gasteiger partial charge in [0, 0.05) is 87.6 Å². The Bertz CT molecular complexity index is 7480. The number of fused-ring (bicyclic) bond motifs is 12. The van der Waals surface area contributed by atoms with Crippen molar-refractivity contribution in [2.45, 2.75) is 0 Å². The van der Waals surface area contributed by atoms with Gasteiger partial charge in [0.25, 0.3) is 0 Å². The predicted molar refractivity (Wildman–Crippen MR) is 457 cm³/mol. The molecule has 0 N–H and O–H groups in total. The third kappa shape index (κ3) is 11.2. The van der Waals surface area contributed by atoms with Crippen LogP contribution in [0.15, 0.2) is 394 Å². The molecule has 522 valence electrons. The van der Waals surface area contributed by atoms with Crippen LogP contribution in [0.5, 0.6) is 0 Å². The molecule has 0 unspecified atom stereocenters. The van der Waals surface area contributed by atoms with Gasteiger partial charge in [0.2, 0.25) is 0 Å². The second-order valence-corrected chi connectivity index (χ2v) is 28.7. The highest BCUT2D eigenvalue weighted by Crippen LogP contribution is 2.48. The Balaban J connectivity index is 0.657. The fourth-order valence-corrected chi connectivity index (χ4v) is 16.4. The first-order chi connectivity index (χ1) is 55.4. The predicted octanol–water partition coefficient (Wildman–Crippen LogP) is 28.5. The molecule has 0 aliphatic rings. The van der Waals surface area contributed by atoms with Crippen LogP contribution in [0.4, 0.5) is 0 Å². The molecule has 6 aromatic heterocycles. The first-order valence-electron chi connectivity index (χ1n) is 37.7. The van der Waals surface area contributed by atoms with Crippen molar-refractivity contribution in [1.29, 1.82) is 0 Å². The van der Waals surface area contributed by atoms with Gasteiger partial charge in [-0.05, 0) is 158 Å². The van der Waals surface area contributed by atoms with Crippen molar-refractivity contribution in [2.75, 3.05) is 0 Å². The van der Waals surface area contributed by atoms with Crippen LogP contribution in [0.1, 0.15) is 0 Å². The minimum absolute atomic E-state index is 0.634. The van der Waals surface area contributed by atoms with Crippen molar-refractivity contribution in [2.24, 2.45) is 0 Å². The minimum Gasteiger partial charge on any atom is -0.456 e. The lowest BCUT2D eigenvalue weighted by Crippen LogP contribution is -1.97. The van der Waals surface area contributed by atoms with Gasteiger partial charge < -0.3 is 17.7 Å². The number of furan rings is 4. The molecule has 6 heterocycles. The Morgan fingerprint density at radius 1 is 0.143 bits per heavy atom. The lowest BCUT2D eigenvalue weighted by Gasteiger charge is -2.16. The zero-order valence-corrected chi connectivity index (χ0v) is 60.2. The van der Waals surface area contributed by atoms with Crippen molar-refractivity contribution in [3.63, 3.8) is 0 Å². The molecule has 0 amide bonds. The van der Waals surface area contributed by atoms with E-state index in [1.165, 1.54) is 0 Å². The molecule has 0 saturated carbocycles. The highest BCUT2D eigenvalue weighted by molar-refractivity contribution is 6.16. The van der Waals surface area contributed by atoms with Gasteiger partial charge in [-0.1, -0.05) is 285 Å². The van der Waals surface area contributed by atoms with E-state index in [1.807, 2.05) is 84.9 Å². The Labute approximate surface area is 643 Å². The standard InChI is InChI=1S/C104H62N4O4/c1-4-20-63(21-5-1)64-38-42-66(43-39-64)92-62-94(108-104(106-92)69-24-8-3-9-25-69)75-47-51-78(86(58-75)84-33-19-32-83-79-28-10-16-36-97(79)111-101(83)84)89-59-76(60-90-82-31-13-17-37-98(82)112-102(89)90)71-27-18-26-70(54-71)65-40-44-67(45-41-65)91-61-93(107-103(105-91)68-22-6-2-7-23-68)74-46-50-77(72-48-52-99-87(55-72)80-29-11-14-34-95(80)109-99)85(57-74)73-49-53-100-88(56-73)81-30-12-15-35-96(81)110-100/h1-62H. The van der Waals surface area contributed by atoms with E-state index in [4.69, 9.17) is 37.6 Å². The van der Waals surface area contributed by atoms with E-state index in [2.05, 4.69) is 291 Å². The number of rotatable bonds is 13. The number of hydrogen-bond donors (Lipinski definition) is 0. The Kier molecular flexibility index (Phi) is 15.1. The van der Waals surface area contributed by atoms with Crippen molar-refractivity contribution in [3.8, 4) is 146 Å². The molecule has 0 fully saturated rings. The van der Waals surface area contributed by atoms with E-state index in [9.17, 15) is 0 Å². The highest BCUT2D eigenvalue weighted by atomic mass is 16.3. The lowest BCUT2D eigenvalue weighted by atomic mass is 9.88. The largest absolute Gasteiger partial charge is 0.456 e. The van der Waals surface area contributed by atoms with E-state index in [1.54, 1.807) is 0 Å². The molecule has 22 aromatic rings. The number of nitrogens with zero attached hydrogens (tertiary/aromatic N) is 4. The molecule has 8 nitrogen and oxygen atoms in total. The Morgan fingerprint density at radius 2 is 0.482 bits per heavy atom. The minimum atomic E-state index is 0.634. The zero-order valence-electron chi connectivity index (χ0n) is 60.2. The summed E-state index contributed by atoms with van der Waals surface area (Å²) < 4.78 is 26.7. The van der Waals surface area contributed by atoms with E-state index in [0.717, 1.165) is 222 Å². The van der Waals surface area contributed by atoms with Gasteiger partial charge in [-0.2, -0.15) is 0 Å². The van der Waals surface area contributed by atoms with Crippen molar-refractivity contribution < 1.29 is 17.7 Å². The molecule has 112 heavy (non-hydrogen) atoms. The molecule has 0 atom stereocenters. The molecule has 8 heteroatoms. The molecule has 0 radical (unpaired) electrons. The van der Waals surface area contributed by atoms with Crippen molar-refractivity contribution in [3.05, 3.63) is 376 Å². The maximum Gasteiger partial charge on any atom is 0.160 e. The van der Waals surface area contributed by atoms with Crippen LogP contribution in [-0.4, -0.2) is 19.9 Å². The highest BCUT2D eigenvalue weighted by Gasteiger charge is 2.25. The van der Waals surface area contributed by atoms with Crippen molar-refractivity contribution in [1.82, 2.24) is 19.9 Å². The Hall–Kier alpha value is -15.1. The molecular formula is C104H62N4O4. The fourth-order valence-electron chi connectivity index (χ4n) is 16.4. The van der Waals surface area contributed by atoms with Crippen LogP contribution in [0.2, 0.25) is 0 Å². The summed E-state index contributed by atoms with van der Waals surface area (Å²) >= 11 is 0. The monoisotopic (exact) mass is 1430 g/mol. The van der Waals surface area contributed by atoms with Gasteiger partial charge >= 0.3 is 0 Å². The van der Waals surface area contributed by atoms with E-state index < -0.39 is 0 Å². The molecule has 16 aromatic carbocycles. The number of aromatic nitrogens is 4. The summed E-state index contributed by atoms with van der Waals surface area (Å²) in [4.78, 5) is 21.4. The van der Waals surface area contributed by atoms with Crippen LogP contribution in [0.3, 0.4) is 0 Å². The van der Waals surface area contributed by atoms with Crippen LogP contribution < -0.4 is 0 Å². The quantitative estimate of drug-likeness (QED) is 0.112. The topological polar surface area (TPSA) is 104 Å². The third-order valence-electron chi connectivity index (χ3n) is 22.0. The molecule has 0 saturated heterocycles. The second-order valence-electron chi connectivity index (χ2n) is 28.7. The molecule has 0 spiro atoms. The van der Waals surface area contributed by atoms with Crippen molar-refractivity contribution >= 4 is 87.8 Å². The van der Waals surface area contributed by atoms with E-state index in [-0.39, 0.29) is 0 Å². The van der Waals surface area contributed by atoms with Gasteiger partial charge in [0.05, 0.1) is 22.8 Å². The van der Waals surface area contributed by atoms with E-state index in [0.29, 0.717) is 11.6 Å². The smallest absolute Gasteiger partial charge is 0.160 e. The third-order valence-corrected chi connectivity index (χ3v) is 22.0. The van der Waals surface area contributed by atoms with Gasteiger partial charge in [-0.25, -0.2) is 19.9 Å². The summed E-state index contributed by atoms with van der Waals surface area (Å²) in [6, 6.07) is 132. The first kappa shape index (κ1) is 64.1. The molecule has 22 rings (SSSR count). The molecule has 0 aliphatic heterocycles. The van der Waals surface area contributed by atoms with Gasteiger partial charge in [0.1, 0.15) is 44.7 Å². The fraction of sp³-hybridized carbons (Fsp3) is 0. The Morgan fingerprint density at radius 3 is 1.03 bits per heavy atom. The summed E-state index contributed by atoms with van der Waals surface area (Å²) in [5.74, 6) is 1.27. The molecule has 0 bridgehead atoms. The van der Waals surface area contributed by atoms with Crippen LogP contribution in [0.25, 0.3) is 233 Å². The van der Waals surface area contributed by atoms with Gasteiger partial charge in [-0.15, -0.1) is 0 Å². The number of para-hydroxylation sites is 5. The number of benzene rings is 16. The van der Waals surface area contributed by atoms with Crippen LogP contribution in [0, 0.1) is 0 Å². The normalized spacial score (nSPS) is 11.8. The lowest BCUT2D eigenvalue weighted by molar-refractivity contribution is 0.668. The molecule has 0 aliphatic carbocycles. The summed E-state index contributed by atoms with van der Waals surface area (Å²) in [7, 11) is 0. The summed E-state index contributed by atoms with van der Waals surface area (Å²) in [5, 5.41) is 8.41. The molecular weight excluding hydrogens is 1370 g/mol. The average Bonchev–Trinajstić information content (AvgIpc) is 1.51. The maximum absolute atomic E-state index is 7.07. The summed E-state index contributed by atoms with van der Waals surface area (Å²) in [6.07, 6.45) is 0. The summed E-state index contributed by atoms with van der Waals surface area (Å²) in [5.41, 5.74) is 30.1. The average molecular weight is 1430 g/mol. The SMILES string of the molecule is c1ccc(-c2ccc(-c3cc(-c4ccc(-c5cc(-c6cccc(-c7ccc(-c8cc(-c9ccc(-c%10ccc%11oc%12ccccc%12c%11c%10)c(-c%10ccc%11oc%12ccccc%12c%11c%10)c9)nc(-c9ccccc9)n8)cc7)c6)cc6c5oc5ccccc56)c(-c5cccc6c5oc5ccccc56)c4)nc(-c4ccccc4)n3)cc2)cc1. The zero-order chi connectivity index (χ0) is 73.7. The maximum atomic E-state index is 7.07. The van der Waals surface area contributed by atoms with E-state index >= 15 is 0 Å². The van der Waals surface area contributed by atoms with Gasteiger partial charge in [-0.3, -0.25) is 0 Å². The van der Waals surface area contributed by atoms with Crippen LogP contribution in [-0.2, 0) is 0 Å². The number of hydrogen-bond acceptors (Lipinski definition) is 8. The van der Waals surface area contributed by atoms with Crippen LogP contribution >= 0.6 is 0 Å². The van der Waals surface area contributed by atoms with Gasteiger partial charge in [0.15, 0.2) is 11.6 Å². The first-order valence-corrected chi connectivity index (χ1v) is 37.7. The summed E-state index contributed by atoms with van der Waals surface area (Å²) in [6.45, 7) is 0.